The monoisotopic (exact) mass is 334 g/mol. The molecule has 0 aliphatic carbocycles. The highest BCUT2D eigenvalue weighted by Crippen LogP contribution is 2.35. The third-order valence-corrected chi connectivity index (χ3v) is 3.93. The van der Waals surface area contributed by atoms with Crippen molar-refractivity contribution in [1.82, 2.24) is 4.98 Å². The predicted molar refractivity (Wildman–Crippen MR) is 92.4 cm³/mol. The van der Waals surface area contributed by atoms with Crippen LogP contribution in [0.15, 0.2) is 54.4 Å². The van der Waals surface area contributed by atoms with Gasteiger partial charge in [-0.15, -0.1) is 0 Å². The molecule has 6 nitrogen and oxygen atoms in total. The normalized spacial score (nSPS) is 14.6. The molecular formula is C19H14N2O4. The van der Waals surface area contributed by atoms with E-state index in [1.165, 1.54) is 0 Å². The second-order valence-corrected chi connectivity index (χ2v) is 5.64. The van der Waals surface area contributed by atoms with Crippen LogP contribution in [0.5, 0.6) is 11.5 Å². The molecule has 0 radical (unpaired) electrons. The van der Waals surface area contributed by atoms with Gasteiger partial charge in [-0.3, -0.25) is 9.59 Å². The molecule has 0 fully saturated rings. The van der Waals surface area contributed by atoms with Crippen molar-refractivity contribution in [3.8, 4) is 11.5 Å². The quantitative estimate of drug-likeness (QED) is 0.717. The van der Waals surface area contributed by atoms with Crippen molar-refractivity contribution in [2.75, 3.05) is 6.61 Å². The number of fused-ring (bicyclic) bond motifs is 2. The molecule has 0 unspecified atom stereocenters. The van der Waals surface area contributed by atoms with Crippen molar-refractivity contribution in [3.05, 3.63) is 65.5 Å². The topological polar surface area (TPSA) is 94.4 Å². The van der Waals surface area contributed by atoms with Gasteiger partial charge < -0.3 is 20.2 Å². The van der Waals surface area contributed by atoms with E-state index in [1.807, 2.05) is 30.5 Å². The van der Waals surface area contributed by atoms with E-state index in [9.17, 15) is 9.59 Å². The zero-order chi connectivity index (χ0) is 17.4. The lowest BCUT2D eigenvalue weighted by Crippen LogP contribution is -2.19. The Kier molecular flexibility index (Phi) is 3.50. The Hall–Kier alpha value is -3.54. The number of nitrogens with two attached hydrogens (primary N) is 1. The average molecular weight is 334 g/mol. The van der Waals surface area contributed by atoms with Crippen LogP contribution in [0.3, 0.4) is 0 Å². The summed E-state index contributed by atoms with van der Waals surface area (Å²) in [5.74, 6) is 0.294. The van der Waals surface area contributed by atoms with Gasteiger partial charge in [-0.25, -0.2) is 0 Å². The summed E-state index contributed by atoms with van der Waals surface area (Å²) in [5.41, 5.74) is 7.37. The number of allylic oxidation sites excluding steroid dienone is 1. The first-order valence-electron chi connectivity index (χ1n) is 7.67. The lowest BCUT2D eigenvalue weighted by Gasteiger charge is -2.04. The molecule has 1 aliphatic heterocycles. The number of H-pyrrole nitrogens is 1. The minimum atomic E-state index is -0.572. The number of ketones is 1. The Bertz CT molecular complexity index is 1030. The SMILES string of the molecule is NC(=O)COc1ccc2c(c1)O/C(=C/c1c[nH]c3ccccc13)C2=O. The predicted octanol–water partition coefficient (Wildman–Crippen LogP) is 2.65. The minimum Gasteiger partial charge on any atom is -0.484 e. The maximum absolute atomic E-state index is 12.5. The molecule has 0 saturated heterocycles. The molecule has 3 aromatic rings. The molecule has 4 rings (SSSR count). The highest BCUT2D eigenvalue weighted by atomic mass is 16.5. The summed E-state index contributed by atoms with van der Waals surface area (Å²) in [6.45, 7) is -0.231. The van der Waals surface area contributed by atoms with Crippen LogP contribution in [0.25, 0.3) is 17.0 Å². The molecule has 3 N–H and O–H groups in total. The molecule has 0 bridgehead atoms. The van der Waals surface area contributed by atoms with Gasteiger partial charge in [0.15, 0.2) is 12.4 Å². The van der Waals surface area contributed by atoms with Crippen molar-refractivity contribution in [2.45, 2.75) is 0 Å². The smallest absolute Gasteiger partial charge is 0.255 e. The number of carbonyl (C=O) groups is 2. The maximum atomic E-state index is 12.5. The number of amides is 1. The molecule has 1 aliphatic rings. The lowest BCUT2D eigenvalue weighted by atomic mass is 10.1. The number of nitrogens with one attached hydrogen (secondary N) is 1. The van der Waals surface area contributed by atoms with Crippen molar-refractivity contribution in [3.63, 3.8) is 0 Å². The molecule has 0 saturated carbocycles. The number of aromatic nitrogens is 1. The average Bonchev–Trinajstić information content (AvgIpc) is 3.15. The van der Waals surface area contributed by atoms with Crippen molar-refractivity contribution >= 4 is 28.7 Å². The zero-order valence-electron chi connectivity index (χ0n) is 13.1. The Morgan fingerprint density at radius 1 is 1.24 bits per heavy atom. The molecule has 2 aromatic carbocycles. The van der Waals surface area contributed by atoms with E-state index in [2.05, 4.69) is 4.98 Å². The van der Waals surface area contributed by atoms with Gasteiger partial charge in [0.2, 0.25) is 5.78 Å². The fourth-order valence-electron chi connectivity index (χ4n) is 2.77. The van der Waals surface area contributed by atoms with Crippen molar-refractivity contribution < 1.29 is 19.1 Å². The Balaban J connectivity index is 1.64. The van der Waals surface area contributed by atoms with Crippen LogP contribution in [0.2, 0.25) is 0 Å². The first-order valence-corrected chi connectivity index (χ1v) is 7.67. The summed E-state index contributed by atoms with van der Waals surface area (Å²) in [6, 6.07) is 12.6. The van der Waals surface area contributed by atoms with Gasteiger partial charge in [0.1, 0.15) is 11.5 Å². The summed E-state index contributed by atoms with van der Waals surface area (Å²) in [5, 5.41) is 1.01. The molecule has 1 amide bonds. The Labute approximate surface area is 142 Å². The highest BCUT2D eigenvalue weighted by Gasteiger charge is 2.28. The molecule has 0 spiro atoms. The Morgan fingerprint density at radius 3 is 2.92 bits per heavy atom. The zero-order valence-corrected chi connectivity index (χ0v) is 13.1. The molecule has 0 atom stereocenters. The Morgan fingerprint density at radius 2 is 2.08 bits per heavy atom. The molecule has 124 valence electrons. The standard InChI is InChI=1S/C19H14N2O4/c20-18(22)10-24-12-5-6-14-16(8-12)25-17(19(14)23)7-11-9-21-15-4-2-1-3-13(11)15/h1-9,21H,10H2,(H2,20,22)/b17-7+. The van der Waals surface area contributed by atoms with Crippen LogP contribution in [0.1, 0.15) is 15.9 Å². The third kappa shape index (κ3) is 2.74. The highest BCUT2D eigenvalue weighted by molar-refractivity contribution is 6.15. The van der Waals surface area contributed by atoms with Gasteiger partial charge in [-0.1, -0.05) is 18.2 Å². The number of aromatic amines is 1. The van der Waals surface area contributed by atoms with Crippen LogP contribution in [0, 0.1) is 0 Å². The van der Waals surface area contributed by atoms with Crippen LogP contribution in [0.4, 0.5) is 0 Å². The molecular weight excluding hydrogens is 320 g/mol. The summed E-state index contributed by atoms with van der Waals surface area (Å²) in [4.78, 5) is 26.5. The summed E-state index contributed by atoms with van der Waals surface area (Å²) in [6.07, 6.45) is 3.55. The fourth-order valence-corrected chi connectivity index (χ4v) is 2.77. The van der Waals surface area contributed by atoms with Crippen LogP contribution in [-0.2, 0) is 4.79 Å². The number of para-hydroxylation sites is 1. The number of Topliss-reactive ketones (excluding diaryl/α,β-unsaturated/α-hetero) is 1. The van der Waals surface area contributed by atoms with Crippen molar-refractivity contribution in [2.24, 2.45) is 5.73 Å². The van der Waals surface area contributed by atoms with E-state index in [-0.39, 0.29) is 18.1 Å². The van der Waals surface area contributed by atoms with Crippen molar-refractivity contribution in [1.29, 1.82) is 0 Å². The second-order valence-electron chi connectivity index (χ2n) is 5.64. The van der Waals surface area contributed by atoms with E-state index in [0.717, 1.165) is 16.5 Å². The number of primary amides is 1. The van der Waals surface area contributed by atoms with Gasteiger partial charge >= 0.3 is 0 Å². The number of carbonyl (C=O) groups excluding carboxylic acids is 2. The molecule has 1 aromatic heterocycles. The first kappa shape index (κ1) is 15.0. The van der Waals surface area contributed by atoms with E-state index in [4.69, 9.17) is 15.2 Å². The fraction of sp³-hybridized carbons (Fsp3) is 0.0526. The molecule has 6 heteroatoms. The van der Waals surface area contributed by atoms with Crippen LogP contribution < -0.4 is 15.2 Å². The minimum absolute atomic E-state index is 0.193. The van der Waals surface area contributed by atoms with Gasteiger partial charge in [0.25, 0.3) is 5.91 Å². The van der Waals surface area contributed by atoms with Gasteiger partial charge in [0.05, 0.1) is 5.56 Å². The second kappa shape index (κ2) is 5.83. The number of benzene rings is 2. The third-order valence-electron chi connectivity index (χ3n) is 3.93. The van der Waals surface area contributed by atoms with Gasteiger partial charge in [-0.05, 0) is 24.3 Å². The van der Waals surface area contributed by atoms with E-state index >= 15 is 0 Å². The first-order chi connectivity index (χ1) is 12.1. The van der Waals surface area contributed by atoms with E-state index in [0.29, 0.717) is 17.1 Å². The molecule has 2 heterocycles. The molecule has 25 heavy (non-hydrogen) atoms. The number of hydrogen-bond acceptors (Lipinski definition) is 4. The van der Waals surface area contributed by atoms with Crippen LogP contribution >= 0.6 is 0 Å². The van der Waals surface area contributed by atoms with Gasteiger partial charge in [0, 0.05) is 28.7 Å². The number of hydrogen-bond donors (Lipinski definition) is 2. The largest absolute Gasteiger partial charge is 0.484 e. The summed E-state index contributed by atoms with van der Waals surface area (Å²) >= 11 is 0. The van der Waals surface area contributed by atoms with Crippen LogP contribution in [-0.4, -0.2) is 23.3 Å². The van der Waals surface area contributed by atoms with Gasteiger partial charge in [-0.2, -0.15) is 0 Å². The lowest BCUT2D eigenvalue weighted by molar-refractivity contribution is -0.119. The summed E-state index contributed by atoms with van der Waals surface area (Å²) in [7, 11) is 0. The van der Waals surface area contributed by atoms with E-state index in [1.54, 1.807) is 24.3 Å². The number of ether oxygens (including phenoxy) is 2. The summed E-state index contributed by atoms with van der Waals surface area (Å²) < 4.78 is 10.9. The maximum Gasteiger partial charge on any atom is 0.255 e. The number of rotatable bonds is 4. The van der Waals surface area contributed by atoms with E-state index < -0.39 is 5.91 Å².